The summed E-state index contributed by atoms with van der Waals surface area (Å²) in [5.41, 5.74) is 2.59. The lowest BCUT2D eigenvalue weighted by Gasteiger charge is -2.16. The van der Waals surface area contributed by atoms with Crippen LogP contribution in [-0.4, -0.2) is 24.1 Å². The number of esters is 1. The number of fused-ring (bicyclic) bond motifs is 1. The van der Waals surface area contributed by atoms with Gasteiger partial charge < -0.3 is 10.1 Å². The average Bonchev–Trinajstić information content (AvgIpc) is 2.29. The van der Waals surface area contributed by atoms with Gasteiger partial charge in [-0.1, -0.05) is 6.07 Å². The van der Waals surface area contributed by atoms with E-state index in [1.165, 1.54) is 5.56 Å². The Morgan fingerprint density at radius 3 is 3.27 bits per heavy atom. The number of pyridine rings is 1. The highest BCUT2D eigenvalue weighted by atomic mass is 16.5. The van der Waals surface area contributed by atoms with Crippen LogP contribution in [0.4, 0.5) is 0 Å². The van der Waals surface area contributed by atoms with Crippen molar-refractivity contribution >= 4 is 5.97 Å². The van der Waals surface area contributed by atoms with Crippen molar-refractivity contribution in [3.63, 3.8) is 0 Å². The fourth-order valence-electron chi connectivity index (χ4n) is 1.66. The molecule has 0 unspecified atom stereocenters. The number of carbonyl (C=O) groups is 1. The Morgan fingerprint density at radius 1 is 1.60 bits per heavy atom. The van der Waals surface area contributed by atoms with E-state index in [0.717, 1.165) is 25.2 Å². The third-order valence-electron chi connectivity index (χ3n) is 2.42. The number of hydrogen-bond donors (Lipinski definition) is 1. The Kier molecular flexibility index (Phi) is 2.97. The largest absolute Gasteiger partial charge is 0.461 e. The summed E-state index contributed by atoms with van der Waals surface area (Å²) in [4.78, 5) is 15.7. The van der Waals surface area contributed by atoms with E-state index in [4.69, 9.17) is 4.74 Å². The number of rotatable bonds is 2. The third kappa shape index (κ3) is 2.15. The molecule has 0 atom stereocenters. The first-order chi connectivity index (χ1) is 7.31. The Bertz CT molecular complexity index is 377. The summed E-state index contributed by atoms with van der Waals surface area (Å²) in [5, 5.41) is 3.22. The van der Waals surface area contributed by atoms with E-state index >= 15 is 0 Å². The van der Waals surface area contributed by atoms with Gasteiger partial charge in [-0.3, -0.25) is 0 Å². The highest BCUT2D eigenvalue weighted by Crippen LogP contribution is 2.12. The Labute approximate surface area is 88.7 Å². The molecular formula is C11H14N2O2. The summed E-state index contributed by atoms with van der Waals surface area (Å²) < 4.78 is 4.90. The van der Waals surface area contributed by atoms with Gasteiger partial charge in [0.2, 0.25) is 0 Å². The van der Waals surface area contributed by atoms with Crippen LogP contribution in [0.2, 0.25) is 0 Å². The van der Waals surface area contributed by atoms with Gasteiger partial charge in [-0.15, -0.1) is 0 Å². The molecule has 1 N–H and O–H groups in total. The molecule has 1 aliphatic heterocycles. The SMILES string of the molecule is CCOC(=O)c1ccc2c(n1)CNCC2. The summed E-state index contributed by atoms with van der Waals surface area (Å²) in [7, 11) is 0. The summed E-state index contributed by atoms with van der Waals surface area (Å²) in [6.45, 7) is 3.89. The number of nitrogens with one attached hydrogen (secondary N) is 1. The minimum Gasteiger partial charge on any atom is -0.461 e. The van der Waals surface area contributed by atoms with Gasteiger partial charge in [-0.25, -0.2) is 9.78 Å². The van der Waals surface area contributed by atoms with Crippen LogP contribution < -0.4 is 5.32 Å². The molecule has 0 spiro atoms. The second-order valence-corrected chi connectivity index (χ2v) is 3.45. The molecule has 0 aromatic carbocycles. The van der Waals surface area contributed by atoms with Gasteiger partial charge in [-0.2, -0.15) is 0 Å². The second-order valence-electron chi connectivity index (χ2n) is 3.45. The molecule has 0 aliphatic carbocycles. The molecule has 80 valence electrons. The van der Waals surface area contributed by atoms with Crippen LogP contribution in [0.15, 0.2) is 12.1 Å². The maximum Gasteiger partial charge on any atom is 0.356 e. The lowest BCUT2D eigenvalue weighted by Crippen LogP contribution is -2.25. The van der Waals surface area contributed by atoms with Crippen molar-refractivity contribution in [3.05, 3.63) is 29.1 Å². The maximum atomic E-state index is 11.4. The fourth-order valence-corrected chi connectivity index (χ4v) is 1.66. The van der Waals surface area contributed by atoms with Crippen LogP contribution in [0.3, 0.4) is 0 Å². The van der Waals surface area contributed by atoms with Gasteiger partial charge in [0, 0.05) is 6.54 Å². The first-order valence-electron chi connectivity index (χ1n) is 5.18. The molecule has 0 radical (unpaired) electrons. The molecule has 1 aliphatic rings. The first-order valence-corrected chi connectivity index (χ1v) is 5.18. The van der Waals surface area contributed by atoms with Gasteiger partial charge in [0.15, 0.2) is 0 Å². The quantitative estimate of drug-likeness (QED) is 0.730. The zero-order valence-electron chi connectivity index (χ0n) is 8.75. The smallest absolute Gasteiger partial charge is 0.356 e. The van der Waals surface area contributed by atoms with Crippen molar-refractivity contribution < 1.29 is 9.53 Å². The molecule has 4 heteroatoms. The molecule has 0 amide bonds. The summed E-state index contributed by atoms with van der Waals surface area (Å²) in [5.74, 6) is -0.342. The van der Waals surface area contributed by atoms with Crippen LogP contribution in [-0.2, 0) is 17.7 Å². The lowest BCUT2D eigenvalue weighted by atomic mass is 10.1. The Balaban J connectivity index is 2.24. The molecular weight excluding hydrogens is 192 g/mol. The minimum absolute atomic E-state index is 0.342. The predicted octanol–water partition coefficient (Wildman–Crippen LogP) is 0.904. The molecule has 0 saturated carbocycles. The lowest BCUT2D eigenvalue weighted by molar-refractivity contribution is 0.0519. The number of hydrogen-bond acceptors (Lipinski definition) is 4. The van der Waals surface area contributed by atoms with Crippen molar-refractivity contribution in [3.8, 4) is 0 Å². The standard InChI is InChI=1S/C11H14N2O2/c1-2-15-11(14)9-4-3-8-5-6-12-7-10(8)13-9/h3-4,12H,2,5-7H2,1H3. The first kappa shape index (κ1) is 10.1. The molecule has 0 saturated heterocycles. The van der Waals surface area contributed by atoms with E-state index in [1.807, 2.05) is 6.07 Å². The van der Waals surface area contributed by atoms with Gasteiger partial charge in [0.1, 0.15) is 5.69 Å². The second kappa shape index (κ2) is 4.40. The molecule has 2 heterocycles. The van der Waals surface area contributed by atoms with Crippen molar-refractivity contribution in [1.29, 1.82) is 0 Å². The summed E-state index contributed by atoms with van der Waals surface area (Å²) >= 11 is 0. The average molecular weight is 206 g/mol. The number of carbonyl (C=O) groups excluding carboxylic acids is 1. The molecule has 0 fully saturated rings. The number of nitrogens with zero attached hydrogens (tertiary/aromatic N) is 1. The normalized spacial score (nSPS) is 14.5. The van der Waals surface area contributed by atoms with Crippen molar-refractivity contribution in [1.82, 2.24) is 10.3 Å². The van der Waals surface area contributed by atoms with Crippen LogP contribution in [0.25, 0.3) is 0 Å². The van der Waals surface area contributed by atoms with Gasteiger partial charge >= 0.3 is 5.97 Å². The number of ether oxygens (including phenoxy) is 1. The fraction of sp³-hybridized carbons (Fsp3) is 0.455. The molecule has 0 bridgehead atoms. The van der Waals surface area contributed by atoms with Crippen molar-refractivity contribution in [2.45, 2.75) is 19.9 Å². The van der Waals surface area contributed by atoms with Crippen LogP contribution in [0, 0.1) is 0 Å². The van der Waals surface area contributed by atoms with Crippen molar-refractivity contribution in [2.75, 3.05) is 13.2 Å². The third-order valence-corrected chi connectivity index (χ3v) is 2.42. The van der Waals surface area contributed by atoms with Gasteiger partial charge in [-0.05, 0) is 31.5 Å². The Morgan fingerprint density at radius 2 is 2.47 bits per heavy atom. The molecule has 4 nitrogen and oxygen atoms in total. The monoisotopic (exact) mass is 206 g/mol. The van der Waals surface area contributed by atoms with Crippen molar-refractivity contribution in [2.24, 2.45) is 0 Å². The zero-order chi connectivity index (χ0) is 10.7. The Hall–Kier alpha value is -1.42. The highest BCUT2D eigenvalue weighted by Gasteiger charge is 2.14. The molecule has 2 rings (SSSR count). The topological polar surface area (TPSA) is 51.2 Å². The molecule has 15 heavy (non-hydrogen) atoms. The minimum atomic E-state index is -0.342. The van der Waals surface area contributed by atoms with E-state index < -0.39 is 0 Å². The number of aromatic nitrogens is 1. The van der Waals surface area contributed by atoms with Gasteiger partial charge in [0.05, 0.1) is 12.3 Å². The zero-order valence-corrected chi connectivity index (χ0v) is 8.75. The maximum absolute atomic E-state index is 11.4. The van der Waals surface area contributed by atoms with Crippen LogP contribution >= 0.6 is 0 Å². The van der Waals surface area contributed by atoms with E-state index in [0.29, 0.717) is 12.3 Å². The summed E-state index contributed by atoms with van der Waals surface area (Å²) in [6, 6.07) is 3.71. The van der Waals surface area contributed by atoms with E-state index in [2.05, 4.69) is 10.3 Å². The summed E-state index contributed by atoms with van der Waals surface area (Å²) in [6.07, 6.45) is 0.978. The highest BCUT2D eigenvalue weighted by molar-refractivity contribution is 5.87. The van der Waals surface area contributed by atoms with E-state index in [1.54, 1.807) is 13.0 Å². The van der Waals surface area contributed by atoms with E-state index in [-0.39, 0.29) is 5.97 Å². The van der Waals surface area contributed by atoms with Crippen LogP contribution in [0.5, 0.6) is 0 Å². The molecule has 1 aromatic rings. The predicted molar refractivity (Wildman–Crippen MR) is 55.6 cm³/mol. The molecule has 1 aromatic heterocycles. The van der Waals surface area contributed by atoms with Gasteiger partial charge in [0.25, 0.3) is 0 Å². The van der Waals surface area contributed by atoms with E-state index in [9.17, 15) is 4.79 Å². The van der Waals surface area contributed by atoms with Crippen LogP contribution in [0.1, 0.15) is 28.7 Å².